The molecule has 8 aromatic carbocycles. The van der Waals surface area contributed by atoms with Crippen LogP contribution in [-0.2, 0) is 12.8 Å². The summed E-state index contributed by atoms with van der Waals surface area (Å²) in [6.45, 7) is 4.55. The zero-order chi connectivity index (χ0) is 32.9. The molecule has 0 amide bonds. The van der Waals surface area contributed by atoms with Gasteiger partial charge in [0, 0.05) is 16.5 Å². The summed E-state index contributed by atoms with van der Waals surface area (Å²) >= 11 is 0. The summed E-state index contributed by atoms with van der Waals surface area (Å²) in [4.78, 5) is 0. The first-order valence-electron chi connectivity index (χ1n) is 18.1. The van der Waals surface area contributed by atoms with Crippen molar-refractivity contribution in [2.45, 2.75) is 52.4 Å². The molecule has 0 unspecified atom stereocenters. The molecular weight excluding hydrogens is 591 g/mol. The van der Waals surface area contributed by atoms with E-state index >= 15 is 0 Å². The van der Waals surface area contributed by atoms with Gasteiger partial charge in [0.1, 0.15) is 0 Å². The highest BCUT2D eigenvalue weighted by molar-refractivity contribution is 6.27. The number of nitrogens with zero attached hydrogens (tertiary/aromatic N) is 1. The molecular formula is C48H41N. The summed E-state index contributed by atoms with van der Waals surface area (Å²) in [7, 11) is 0. The van der Waals surface area contributed by atoms with Gasteiger partial charge in [0.05, 0.1) is 11.0 Å². The van der Waals surface area contributed by atoms with Crippen molar-refractivity contribution < 1.29 is 0 Å². The molecule has 0 bridgehead atoms. The standard InChI is InChI=1S/C48H41N/c1-3-5-12-32-20-26-47-45(28-32)46-29-33(13-6-4-2)21-27-48(46)49(47)36-24-22-34(23-25-36)37-19-11-14-35-30-43-40-17-9-7-15-38(40)39-16-8-10-18-41(39)44(43)31-42(35)37/h7-11,14-31H,3-6,12-13H2,1-2H3. The zero-order valence-corrected chi connectivity index (χ0v) is 28.5. The predicted octanol–water partition coefficient (Wildman–Crippen LogP) is 13.7. The molecule has 0 saturated carbocycles. The largest absolute Gasteiger partial charge is 0.309 e. The van der Waals surface area contributed by atoms with Crippen LogP contribution in [0.15, 0.2) is 140 Å². The number of aryl methyl sites for hydroxylation is 2. The molecule has 0 aliphatic carbocycles. The van der Waals surface area contributed by atoms with Gasteiger partial charge in [-0.25, -0.2) is 0 Å². The highest BCUT2D eigenvalue weighted by Gasteiger charge is 2.15. The Morgan fingerprint density at radius 1 is 0.408 bits per heavy atom. The second-order valence-corrected chi connectivity index (χ2v) is 13.8. The van der Waals surface area contributed by atoms with Gasteiger partial charge in [0.2, 0.25) is 0 Å². The van der Waals surface area contributed by atoms with Crippen LogP contribution in [0.25, 0.3) is 81.7 Å². The first-order valence-corrected chi connectivity index (χ1v) is 18.1. The summed E-state index contributed by atoms with van der Waals surface area (Å²) in [5.74, 6) is 0. The topological polar surface area (TPSA) is 4.93 Å². The third kappa shape index (κ3) is 4.99. The number of aromatic nitrogens is 1. The molecule has 0 spiro atoms. The van der Waals surface area contributed by atoms with E-state index in [9.17, 15) is 0 Å². The number of hydrogen-bond donors (Lipinski definition) is 0. The van der Waals surface area contributed by atoms with Crippen molar-refractivity contribution >= 4 is 64.9 Å². The number of fused-ring (bicyclic) bond motifs is 10. The minimum absolute atomic E-state index is 1.13. The van der Waals surface area contributed by atoms with Crippen LogP contribution < -0.4 is 0 Å². The molecule has 1 aromatic heterocycles. The molecule has 0 fully saturated rings. The van der Waals surface area contributed by atoms with Gasteiger partial charge in [0.15, 0.2) is 0 Å². The smallest absolute Gasteiger partial charge is 0.0541 e. The van der Waals surface area contributed by atoms with E-state index in [-0.39, 0.29) is 0 Å². The average Bonchev–Trinajstić information content (AvgIpc) is 3.48. The normalized spacial score (nSPS) is 12.0. The van der Waals surface area contributed by atoms with E-state index in [0.717, 1.165) is 12.8 Å². The maximum atomic E-state index is 2.47. The van der Waals surface area contributed by atoms with E-state index in [0.29, 0.717) is 0 Å². The lowest BCUT2D eigenvalue weighted by atomic mass is 9.90. The SMILES string of the molecule is CCCCc1ccc2c(c1)c1cc(CCCC)ccc1n2-c1ccc(-c2cccc3cc4c5ccccc5c5ccccc5c4cc23)cc1. The van der Waals surface area contributed by atoms with Crippen LogP contribution in [0.1, 0.15) is 50.7 Å². The van der Waals surface area contributed by atoms with Gasteiger partial charge in [-0.05, 0) is 140 Å². The molecule has 9 aromatic rings. The van der Waals surface area contributed by atoms with Crippen LogP contribution in [0.4, 0.5) is 0 Å². The van der Waals surface area contributed by atoms with E-state index in [4.69, 9.17) is 0 Å². The van der Waals surface area contributed by atoms with Crippen LogP contribution in [-0.4, -0.2) is 4.57 Å². The van der Waals surface area contributed by atoms with Crippen molar-refractivity contribution in [3.8, 4) is 16.8 Å². The molecule has 0 aliphatic heterocycles. The van der Waals surface area contributed by atoms with E-state index in [2.05, 4.69) is 158 Å². The van der Waals surface area contributed by atoms with Crippen molar-refractivity contribution in [1.29, 1.82) is 0 Å². The third-order valence-electron chi connectivity index (χ3n) is 10.7. The van der Waals surface area contributed by atoms with Gasteiger partial charge in [-0.1, -0.05) is 118 Å². The Labute approximate surface area is 288 Å². The molecule has 0 atom stereocenters. The van der Waals surface area contributed by atoms with Gasteiger partial charge >= 0.3 is 0 Å². The van der Waals surface area contributed by atoms with Crippen molar-refractivity contribution in [1.82, 2.24) is 4.57 Å². The molecule has 0 radical (unpaired) electrons. The Kier molecular flexibility index (Phi) is 7.42. The molecule has 1 nitrogen and oxygen atoms in total. The minimum Gasteiger partial charge on any atom is -0.309 e. The Bertz CT molecular complexity index is 2610. The van der Waals surface area contributed by atoms with E-state index in [1.54, 1.807) is 0 Å². The zero-order valence-electron chi connectivity index (χ0n) is 28.5. The highest BCUT2D eigenvalue weighted by Crippen LogP contribution is 2.40. The maximum Gasteiger partial charge on any atom is 0.0541 e. The van der Waals surface area contributed by atoms with Crippen molar-refractivity contribution in [3.63, 3.8) is 0 Å². The second-order valence-electron chi connectivity index (χ2n) is 13.8. The maximum absolute atomic E-state index is 2.47. The summed E-state index contributed by atoms with van der Waals surface area (Å²) in [5, 5.41) is 13.2. The van der Waals surface area contributed by atoms with Gasteiger partial charge in [-0.3, -0.25) is 0 Å². The molecule has 0 aliphatic rings. The van der Waals surface area contributed by atoms with Gasteiger partial charge < -0.3 is 4.57 Å². The number of benzene rings is 8. The van der Waals surface area contributed by atoms with Crippen LogP contribution in [0.5, 0.6) is 0 Å². The summed E-state index contributed by atoms with van der Waals surface area (Å²) in [6, 6.07) is 52.8. The Morgan fingerprint density at radius 2 is 0.939 bits per heavy atom. The molecule has 0 N–H and O–H groups in total. The van der Waals surface area contributed by atoms with E-state index in [1.165, 1.54) is 119 Å². The number of unbranched alkanes of at least 4 members (excludes halogenated alkanes) is 2. The molecule has 1 heterocycles. The molecule has 0 saturated heterocycles. The highest BCUT2D eigenvalue weighted by atomic mass is 15.0. The number of hydrogen-bond acceptors (Lipinski definition) is 0. The fraction of sp³-hybridized carbons (Fsp3) is 0.167. The fourth-order valence-corrected chi connectivity index (χ4v) is 8.19. The molecule has 49 heavy (non-hydrogen) atoms. The lowest BCUT2D eigenvalue weighted by Gasteiger charge is -2.14. The van der Waals surface area contributed by atoms with Gasteiger partial charge in [0.25, 0.3) is 0 Å². The molecule has 238 valence electrons. The predicted molar refractivity (Wildman–Crippen MR) is 213 cm³/mol. The fourth-order valence-electron chi connectivity index (χ4n) is 8.19. The third-order valence-corrected chi connectivity index (χ3v) is 10.7. The van der Waals surface area contributed by atoms with Crippen LogP contribution in [0.3, 0.4) is 0 Å². The van der Waals surface area contributed by atoms with Crippen LogP contribution >= 0.6 is 0 Å². The first-order chi connectivity index (χ1) is 24.2. The monoisotopic (exact) mass is 631 g/mol. The van der Waals surface area contributed by atoms with Crippen molar-refractivity contribution in [3.05, 3.63) is 151 Å². The lowest BCUT2D eigenvalue weighted by Crippen LogP contribution is -1.94. The van der Waals surface area contributed by atoms with E-state index in [1.807, 2.05) is 0 Å². The quantitative estimate of drug-likeness (QED) is 0.116. The Hall–Kier alpha value is -5.40. The summed E-state index contributed by atoms with van der Waals surface area (Å²) in [5.41, 5.74) is 9.15. The van der Waals surface area contributed by atoms with Gasteiger partial charge in [-0.15, -0.1) is 0 Å². The van der Waals surface area contributed by atoms with Gasteiger partial charge in [-0.2, -0.15) is 0 Å². The molecule has 1 heteroatoms. The van der Waals surface area contributed by atoms with Crippen LogP contribution in [0, 0.1) is 0 Å². The molecule has 9 rings (SSSR count). The lowest BCUT2D eigenvalue weighted by molar-refractivity contribution is 0.795. The summed E-state index contributed by atoms with van der Waals surface area (Å²) in [6.07, 6.45) is 7.15. The second kappa shape index (κ2) is 12.2. The average molecular weight is 632 g/mol. The van der Waals surface area contributed by atoms with Crippen LogP contribution in [0.2, 0.25) is 0 Å². The van der Waals surface area contributed by atoms with E-state index < -0.39 is 0 Å². The summed E-state index contributed by atoms with van der Waals surface area (Å²) < 4.78 is 2.47. The number of rotatable bonds is 8. The Morgan fingerprint density at radius 3 is 1.49 bits per heavy atom. The van der Waals surface area contributed by atoms with Crippen molar-refractivity contribution in [2.24, 2.45) is 0 Å². The minimum atomic E-state index is 1.13. The first kappa shape index (κ1) is 29.7. The van der Waals surface area contributed by atoms with Crippen molar-refractivity contribution in [2.75, 3.05) is 0 Å². The Balaban J connectivity index is 1.19.